The molecule has 1 saturated heterocycles. The van der Waals surface area contributed by atoms with Crippen molar-refractivity contribution in [2.75, 3.05) is 11.9 Å². The minimum absolute atomic E-state index is 0.141. The summed E-state index contributed by atoms with van der Waals surface area (Å²) in [4.78, 5) is 40.3. The molecule has 2 aliphatic carbocycles. The molecule has 1 aromatic rings. The Morgan fingerprint density at radius 1 is 1.14 bits per heavy atom. The number of halogens is 2. The largest absolute Gasteiger partial charge is 0.494 e. The highest BCUT2D eigenvalue weighted by Gasteiger charge is 2.67. The van der Waals surface area contributed by atoms with Crippen molar-refractivity contribution in [2.24, 2.45) is 23.7 Å². The van der Waals surface area contributed by atoms with E-state index in [1.165, 1.54) is 4.90 Å². The number of alkyl halides is 2. The molecule has 1 N–H and O–H groups in total. The maximum Gasteiger partial charge on any atom is 0.247 e. The number of ether oxygens (including phenoxy) is 1. The molecule has 2 bridgehead atoms. The van der Waals surface area contributed by atoms with E-state index in [0.29, 0.717) is 12.3 Å². The van der Waals surface area contributed by atoms with Crippen LogP contribution in [0.5, 0.6) is 5.75 Å². The third-order valence-corrected chi connectivity index (χ3v) is 9.43. The van der Waals surface area contributed by atoms with Crippen molar-refractivity contribution in [1.82, 2.24) is 4.90 Å². The number of amides is 3. The molecule has 0 aromatic heterocycles. The van der Waals surface area contributed by atoms with Crippen molar-refractivity contribution in [1.29, 1.82) is 0 Å². The summed E-state index contributed by atoms with van der Waals surface area (Å²) >= 11 is 7.35. The SMILES string of the molecule is CCOc1ccc(NC(=O)[C@H](C)N2C(=O)[C@@H]3[C@H]4C[C@@H]([C@H](Br)[C@@H]4Br)[C@@H]3C2=O)cc1. The predicted molar refractivity (Wildman–Crippen MR) is 112 cm³/mol. The fourth-order valence-corrected chi connectivity index (χ4v) is 6.79. The minimum Gasteiger partial charge on any atom is -0.494 e. The van der Waals surface area contributed by atoms with Gasteiger partial charge in [-0.3, -0.25) is 19.3 Å². The summed E-state index contributed by atoms with van der Waals surface area (Å²) < 4.78 is 5.39. The van der Waals surface area contributed by atoms with Crippen molar-refractivity contribution >= 4 is 55.3 Å². The van der Waals surface area contributed by atoms with E-state index in [-0.39, 0.29) is 51.0 Å². The molecule has 8 heteroatoms. The van der Waals surface area contributed by atoms with E-state index in [1.807, 2.05) is 6.92 Å². The number of fused-ring (bicyclic) bond motifs is 5. The summed E-state index contributed by atoms with van der Waals surface area (Å²) in [6.45, 7) is 4.08. The summed E-state index contributed by atoms with van der Waals surface area (Å²) in [6, 6.07) is 6.17. The number of likely N-dealkylation sites (tertiary alicyclic amines) is 1. The Labute approximate surface area is 180 Å². The zero-order valence-corrected chi connectivity index (χ0v) is 18.8. The lowest BCUT2D eigenvalue weighted by atomic mass is 9.81. The summed E-state index contributed by atoms with van der Waals surface area (Å²) in [5.41, 5.74) is 0.598. The third kappa shape index (κ3) is 3.00. The van der Waals surface area contributed by atoms with Crippen LogP contribution in [-0.2, 0) is 14.4 Å². The molecule has 2 saturated carbocycles. The number of hydrogen-bond donors (Lipinski definition) is 1. The summed E-state index contributed by atoms with van der Waals surface area (Å²) in [5, 5.41) is 2.79. The number of carbonyl (C=O) groups excluding carboxylic acids is 3. The smallest absolute Gasteiger partial charge is 0.247 e. The molecule has 6 nitrogen and oxygen atoms in total. The second kappa shape index (κ2) is 7.44. The van der Waals surface area contributed by atoms with Gasteiger partial charge in [0.1, 0.15) is 11.8 Å². The van der Waals surface area contributed by atoms with E-state index >= 15 is 0 Å². The van der Waals surface area contributed by atoms with Crippen LogP contribution in [0.1, 0.15) is 20.3 Å². The molecule has 1 aromatic carbocycles. The Morgan fingerprint density at radius 2 is 1.68 bits per heavy atom. The maximum absolute atomic E-state index is 13.0. The van der Waals surface area contributed by atoms with E-state index in [2.05, 4.69) is 37.2 Å². The molecule has 3 amide bonds. The number of rotatable bonds is 5. The van der Waals surface area contributed by atoms with Crippen molar-refractivity contribution in [2.45, 2.75) is 36.0 Å². The molecule has 0 spiro atoms. The lowest BCUT2D eigenvalue weighted by molar-refractivity contribution is -0.146. The Kier molecular flexibility index (Phi) is 5.29. The number of anilines is 1. The Bertz CT molecular complexity index is 783. The van der Waals surface area contributed by atoms with Crippen LogP contribution >= 0.6 is 31.9 Å². The van der Waals surface area contributed by atoms with Crippen LogP contribution in [-0.4, -0.2) is 44.9 Å². The molecular formula is C20H22Br2N2O4. The molecule has 150 valence electrons. The normalized spacial score (nSPS) is 34.5. The van der Waals surface area contributed by atoms with Gasteiger partial charge in [-0.15, -0.1) is 0 Å². The van der Waals surface area contributed by atoms with Crippen LogP contribution in [0.15, 0.2) is 24.3 Å². The van der Waals surface area contributed by atoms with E-state index < -0.39 is 6.04 Å². The van der Waals surface area contributed by atoms with Gasteiger partial charge < -0.3 is 10.1 Å². The standard InChI is InChI=1S/C20H22Br2N2O4/c1-3-28-11-6-4-10(5-7-11)23-18(25)9(2)24-19(26)14-12-8-13(15(14)20(24)27)17(22)16(12)21/h4-7,9,12-17H,3,8H2,1-2H3,(H,23,25)/t9-,12+,13+,14-,15+,16-,17+/m0/s1. The van der Waals surface area contributed by atoms with Gasteiger partial charge in [-0.1, -0.05) is 31.9 Å². The first-order chi connectivity index (χ1) is 13.3. The molecular weight excluding hydrogens is 492 g/mol. The summed E-state index contributed by atoms with van der Waals surface area (Å²) in [6.07, 6.45) is 0.874. The molecule has 1 heterocycles. The van der Waals surface area contributed by atoms with Gasteiger partial charge in [0, 0.05) is 15.3 Å². The van der Waals surface area contributed by atoms with Crippen LogP contribution in [0.2, 0.25) is 0 Å². The van der Waals surface area contributed by atoms with Crippen LogP contribution in [0, 0.1) is 23.7 Å². The summed E-state index contributed by atoms with van der Waals surface area (Å²) in [5.74, 6) is -0.405. The van der Waals surface area contributed by atoms with Gasteiger partial charge in [-0.25, -0.2) is 0 Å². The topological polar surface area (TPSA) is 75.7 Å². The van der Waals surface area contributed by atoms with Crippen LogP contribution in [0.3, 0.4) is 0 Å². The number of imide groups is 1. The zero-order chi connectivity index (χ0) is 20.2. The molecule has 3 fully saturated rings. The molecule has 3 aliphatic rings. The first kappa shape index (κ1) is 19.9. The van der Waals surface area contributed by atoms with E-state index in [1.54, 1.807) is 31.2 Å². The number of nitrogens with one attached hydrogen (secondary N) is 1. The van der Waals surface area contributed by atoms with Crippen molar-refractivity contribution in [3.63, 3.8) is 0 Å². The number of hydrogen-bond acceptors (Lipinski definition) is 4. The summed E-state index contributed by atoms with van der Waals surface area (Å²) in [7, 11) is 0. The second-order valence-electron chi connectivity index (χ2n) is 7.67. The molecule has 0 unspecified atom stereocenters. The van der Waals surface area contributed by atoms with Crippen molar-refractivity contribution < 1.29 is 19.1 Å². The monoisotopic (exact) mass is 512 g/mol. The second-order valence-corrected chi connectivity index (χ2v) is 9.79. The highest BCUT2D eigenvalue weighted by molar-refractivity contribution is 9.12. The number of nitrogens with zero attached hydrogens (tertiary/aromatic N) is 1. The van der Waals surface area contributed by atoms with E-state index in [9.17, 15) is 14.4 Å². The van der Waals surface area contributed by atoms with Gasteiger partial charge in [0.2, 0.25) is 17.7 Å². The van der Waals surface area contributed by atoms with Gasteiger partial charge in [-0.05, 0) is 56.4 Å². The van der Waals surface area contributed by atoms with E-state index in [4.69, 9.17) is 4.74 Å². The van der Waals surface area contributed by atoms with Gasteiger partial charge in [0.05, 0.1) is 18.4 Å². The third-order valence-electron chi connectivity index (χ3n) is 6.22. The maximum atomic E-state index is 13.0. The van der Waals surface area contributed by atoms with Crippen LogP contribution in [0.4, 0.5) is 5.69 Å². The van der Waals surface area contributed by atoms with Crippen LogP contribution in [0.25, 0.3) is 0 Å². The fourth-order valence-electron chi connectivity index (χ4n) is 4.92. The number of carbonyl (C=O) groups is 3. The molecule has 28 heavy (non-hydrogen) atoms. The van der Waals surface area contributed by atoms with Gasteiger partial charge in [0.25, 0.3) is 0 Å². The molecule has 4 rings (SSSR count). The fraction of sp³-hybridized carbons (Fsp3) is 0.550. The number of benzene rings is 1. The lowest BCUT2D eigenvalue weighted by Crippen LogP contribution is -2.46. The highest BCUT2D eigenvalue weighted by Crippen LogP contribution is 2.60. The first-order valence-corrected chi connectivity index (χ1v) is 11.4. The van der Waals surface area contributed by atoms with Gasteiger partial charge >= 0.3 is 0 Å². The molecule has 1 aliphatic heterocycles. The quantitative estimate of drug-likeness (QED) is 0.484. The average Bonchev–Trinajstić information content (AvgIpc) is 3.28. The first-order valence-electron chi connectivity index (χ1n) is 9.54. The zero-order valence-electron chi connectivity index (χ0n) is 15.6. The minimum atomic E-state index is -0.848. The lowest BCUT2D eigenvalue weighted by Gasteiger charge is -2.28. The highest BCUT2D eigenvalue weighted by atomic mass is 79.9. The Balaban J connectivity index is 1.47. The van der Waals surface area contributed by atoms with Crippen LogP contribution < -0.4 is 10.1 Å². The Hall–Kier alpha value is -1.41. The Morgan fingerprint density at radius 3 is 2.18 bits per heavy atom. The van der Waals surface area contributed by atoms with Crippen molar-refractivity contribution in [3.05, 3.63) is 24.3 Å². The van der Waals surface area contributed by atoms with E-state index in [0.717, 1.165) is 12.2 Å². The van der Waals surface area contributed by atoms with Gasteiger partial charge in [0.15, 0.2) is 0 Å². The average molecular weight is 514 g/mol. The van der Waals surface area contributed by atoms with Crippen molar-refractivity contribution in [3.8, 4) is 5.75 Å². The predicted octanol–water partition coefficient (Wildman–Crippen LogP) is 3.19. The molecule has 0 radical (unpaired) electrons. The molecule has 7 atom stereocenters. The van der Waals surface area contributed by atoms with Gasteiger partial charge in [-0.2, -0.15) is 0 Å².